The summed E-state index contributed by atoms with van der Waals surface area (Å²) in [7, 11) is 0. The van der Waals surface area contributed by atoms with Crippen molar-refractivity contribution in [1.29, 1.82) is 0 Å². The Morgan fingerprint density at radius 2 is 2.29 bits per heavy atom. The number of carbonyl (C=O) groups is 1. The number of thioether (sulfide) groups is 1. The van der Waals surface area contributed by atoms with E-state index in [0.717, 1.165) is 6.42 Å². The van der Waals surface area contributed by atoms with E-state index in [1.165, 1.54) is 24.8 Å². The lowest BCUT2D eigenvalue weighted by atomic mass is 10.1. The maximum Gasteiger partial charge on any atom is 0.185 e. The molecule has 0 saturated carbocycles. The molecule has 5 heteroatoms. The van der Waals surface area contributed by atoms with Gasteiger partial charge in [0.2, 0.25) is 0 Å². The smallest absolute Gasteiger partial charge is 0.185 e. The maximum absolute atomic E-state index is 13.3. The normalized spacial score (nSPS) is 11.0. The van der Waals surface area contributed by atoms with Crippen LogP contribution in [0.2, 0.25) is 5.02 Å². The average Bonchev–Trinajstić information content (AvgIpc) is 2.28. The number of anilines is 1. The van der Waals surface area contributed by atoms with E-state index >= 15 is 0 Å². The second kappa shape index (κ2) is 6.67. The third kappa shape index (κ3) is 4.40. The second-order valence-corrected chi connectivity index (χ2v) is 5.05. The fourth-order valence-corrected chi connectivity index (χ4v) is 1.97. The number of halogens is 2. The molecule has 0 aliphatic heterocycles. The van der Waals surface area contributed by atoms with Gasteiger partial charge in [0.05, 0.1) is 10.7 Å². The van der Waals surface area contributed by atoms with E-state index in [1.54, 1.807) is 12.1 Å². The predicted molar refractivity (Wildman–Crippen MR) is 72.6 cm³/mol. The lowest BCUT2D eigenvalue weighted by Crippen LogP contribution is -1.92. The van der Waals surface area contributed by atoms with Gasteiger partial charge in [0, 0.05) is 12.7 Å². The fourth-order valence-electron chi connectivity index (χ4n) is 1.19. The Hall–Kier alpha value is -1.00. The molecule has 0 atom stereocenters. The molecule has 0 heterocycles. The van der Waals surface area contributed by atoms with Gasteiger partial charge in [-0.05, 0) is 18.1 Å². The van der Waals surface area contributed by atoms with Gasteiger partial charge in [0.15, 0.2) is 10.9 Å². The van der Waals surface area contributed by atoms with Crippen LogP contribution in [0.5, 0.6) is 0 Å². The summed E-state index contributed by atoms with van der Waals surface area (Å²) in [6.45, 7) is 1.53. The van der Waals surface area contributed by atoms with Crippen molar-refractivity contribution in [3.63, 3.8) is 0 Å². The summed E-state index contributed by atoms with van der Waals surface area (Å²) in [5.74, 6) is 0.118. The fraction of sp³-hybridized carbons (Fsp3) is 0.250. The predicted octanol–water partition coefficient (Wildman–Crippen LogP) is 3.74. The molecule has 0 aromatic heterocycles. The number of rotatable bonds is 4. The SMILES string of the molecule is CC(=O)SCCC=Cc1ccc(N)c(F)c1Cl. The molecule has 0 amide bonds. The molecule has 1 rings (SSSR count). The first-order valence-corrected chi connectivity index (χ1v) is 6.42. The molecule has 0 fully saturated rings. The van der Waals surface area contributed by atoms with Crippen molar-refractivity contribution < 1.29 is 9.18 Å². The quantitative estimate of drug-likeness (QED) is 0.671. The minimum atomic E-state index is -0.591. The van der Waals surface area contributed by atoms with Crippen molar-refractivity contribution in [1.82, 2.24) is 0 Å². The van der Waals surface area contributed by atoms with Crippen LogP contribution in [0, 0.1) is 5.82 Å². The van der Waals surface area contributed by atoms with Crippen LogP contribution in [0.1, 0.15) is 18.9 Å². The summed E-state index contributed by atoms with van der Waals surface area (Å²) in [5, 5.41) is 0.121. The van der Waals surface area contributed by atoms with Crippen molar-refractivity contribution in [3.05, 3.63) is 34.6 Å². The standard InChI is InChI=1S/C12H13ClFNOS/c1-8(16)17-7-3-2-4-9-5-6-10(15)12(14)11(9)13/h2,4-6H,3,7,15H2,1H3. The van der Waals surface area contributed by atoms with E-state index < -0.39 is 5.82 Å². The summed E-state index contributed by atoms with van der Waals surface area (Å²) in [6.07, 6.45) is 4.31. The van der Waals surface area contributed by atoms with Gasteiger partial charge in [-0.2, -0.15) is 0 Å². The van der Waals surface area contributed by atoms with Crippen LogP contribution in [0.25, 0.3) is 6.08 Å². The zero-order chi connectivity index (χ0) is 12.8. The van der Waals surface area contributed by atoms with Gasteiger partial charge in [-0.1, -0.05) is 41.6 Å². The lowest BCUT2D eigenvalue weighted by molar-refractivity contribution is -0.109. The largest absolute Gasteiger partial charge is 0.396 e. The molecule has 17 heavy (non-hydrogen) atoms. The van der Waals surface area contributed by atoms with Crippen LogP contribution in [0.15, 0.2) is 18.2 Å². The molecule has 0 aliphatic rings. The number of hydrogen-bond donors (Lipinski definition) is 1. The van der Waals surface area contributed by atoms with Gasteiger partial charge in [-0.25, -0.2) is 4.39 Å². The van der Waals surface area contributed by atoms with E-state index in [4.69, 9.17) is 17.3 Å². The Morgan fingerprint density at radius 1 is 1.59 bits per heavy atom. The Morgan fingerprint density at radius 3 is 2.94 bits per heavy atom. The lowest BCUT2D eigenvalue weighted by Gasteiger charge is -2.02. The summed E-state index contributed by atoms with van der Waals surface area (Å²) in [6, 6.07) is 3.14. The topological polar surface area (TPSA) is 43.1 Å². The molecule has 0 radical (unpaired) electrons. The Bertz CT molecular complexity index is 448. The highest BCUT2D eigenvalue weighted by Crippen LogP contribution is 2.25. The van der Waals surface area contributed by atoms with Gasteiger partial charge in [-0.15, -0.1) is 0 Å². The van der Waals surface area contributed by atoms with Crippen molar-refractivity contribution in [2.45, 2.75) is 13.3 Å². The van der Waals surface area contributed by atoms with E-state index in [-0.39, 0.29) is 15.8 Å². The Labute approximate surface area is 109 Å². The molecule has 2 N–H and O–H groups in total. The Kier molecular flexibility index (Phi) is 5.51. The third-order valence-electron chi connectivity index (χ3n) is 2.03. The Balaban J connectivity index is 2.60. The average molecular weight is 274 g/mol. The molecule has 0 spiro atoms. The minimum Gasteiger partial charge on any atom is -0.396 e. The molecule has 0 aliphatic carbocycles. The molecule has 1 aromatic rings. The monoisotopic (exact) mass is 273 g/mol. The highest BCUT2D eigenvalue weighted by Gasteiger charge is 2.06. The summed E-state index contributed by atoms with van der Waals surface area (Å²) in [5.41, 5.74) is 6.00. The summed E-state index contributed by atoms with van der Waals surface area (Å²) in [4.78, 5) is 10.7. The van der Waals surface area contributed by atoms with E-state index in [0.29, 0.717) is 11.3 Å². The minimum absolute atomic E-state index is 0.0282. The maximum atomic E-state index is 13.3. The first-order chi connectivity index (χ1) is 8.02. The van der Waals surface area contributed by atoms with Crippen molar-refractivity contribution >= 4 is 40.2 Å². The van der Waals surface area contributed by atoms with Crippen molar-refractivity contribution in [2.24, 2.45) is 0 Å². The van der Waals surface area contributed by atoms with Crippen LogP contribution in [0.3, 0.4) is 0 Å². The zero-order valence-electron chi connectivity index (χ0n) is 9.37. The number of hydrogen-bond acceptors (Lipinski definition) is 3. The van der Waals surface area contributed by atoms with Crippen LogP contribution < -0.4 is 5.73 Å². The highest BCUT2D eigenvalue weighted by atomic mass is 35.5. The van der Waals surface area contributed by atoms with E-state index in [1.807, 2.05) is 6.08 Å². The van der Waals surface area contributed by atoms with E-state index in [9.17, 15) is 9.18 Å². The molecule has 2 nitrogen and oxygen atoms in total. The number of benzene rings is 1. The molecule has 0 unspecified atom stereocenters. The van der Waals surface area contributed by atoms with Gasteiger partial charge >= 0.3 is 0 Å². The molecule has 92 valence electrons. The molecule has 0 bridgehead atoms. The number of nitrogen functional groups attached to an aromatic ring is 1. The first-order valence-electron chi connectivity index (χ1n) is 5.05. The first kappa shape index (κ1) is 14.1. The van der Waals surface area contributed by atoms with Crippen LogP contribution in [0.4, 0.5) is 10.1 Å². The molecular formula is C12H13ClFNOS. The molecular weight excluding hydrogens is 261 g/mol. The summed E-state index contributed by atoms with van der Waals surface area (Å²) >= 11 is 7.06. The van der Waals surface area contributed by atoms with Crippen molar-refractivity contribution in [3.8, 4) is 0 Å². The highest BCUT2D eigenvalue weighted by molar-refractivity contribution is 8.13. The number of allylic oxidation sites excluding steroid dienone is 1. The van der Waals surface area contributed by atoms with Crippen LogP contribution in [-0.2, 0) is 4.79 Å². The molecule has 1 aromatic carbocycles. The van der Waals surface area contributed by atoms with Crippen LogP contribution in [-0.4, -0.2) is 10.9 Å². The third-order valence-corrected chi connectivity index (χ3v) is 3.26. The van der Waals surface area contributed by atoms with Crippen LogP contribution >= 0.6 is 23.4 Å². The number of carbonyl (C=O) groups excluding carboxylic acids is 1. The van der Waals surface area contributed by atoms with Gasteiger partial charge in [-0.3, -0.25) is 4.79 Å². The molecule has 0 saturated heterocycles. The second-order valence-electron chi connectivity index (χ2n) is 3.40. The van der Waals surface area contributed by atoms with Gasteiger partial charge < -0.3 is 5.73 Å². The van der Waals surface area contributed by atoms with Gasteiger partial charge in [0.1, 0.15) is 0 Å². The number of nitrogens with two attached hydrogens (primary N) is 1. The van der Waals surface area contributed by atoms with Crippen molar-refractivity contribution in [2.75, 3.05) is 11.5 Å². The summed E-state index contributed by atoms with van der Waals surface area (Å²) < 4.78 is 13.3. The van der Waals surface area contributed by atoms with E-state index in [2.05, 4.69) is 0 Å². The van der Waals surface area contributed by atoms with Gasteiger partial charge in [0.25, 0.3) is 0 Å². The zero-order valence-corrected chi connectivity index (χ0v) is 10.9.